The van der Waals surface area contributed by atoms with E-state index in [4.69, 9.17) is 0 Å². The largest absolute Gasteiger partial charge is 0.457 e. The van der Waals surface area contributed by atoms with E-state index in [1.54, 1.807) is 0 Å². The number of rotatable bonds is 3. The van der Waals surface area contributed by atoms with Gasteiger partial charge in [-0.05, 0) is 32.6 Å². The van der Waals surface area contributed by atoms with Crippen molar-refractivity contribution in [3.05, 3.63) is 12.2 Å². The topological polar surface area (TPSA) is 26.3 Å². The van der Waals surface area contributed by atoms with Gasteiger partial charge in [0, 0.05) is 5.57 Å². The summed E-state index contributed by atoms with van der Waals surface area (Å²) < 4.78 is 68.7. The lowest BCUT2D eigenvalue weighted by Gasteiger charge is -2.37. The highest BCUT2D eigenvalue weighted by atomic mass is 19.4. The van der Waals surface area contributed by atoms with Gasteiger partial charge < -0.3 is 4.74 Å². The first-order valence-corrected chi connectivity index (χ1v) is 5.37. The van der Waals surface area contributed by atoms with Crippen LogP contribution >= 0.6 is 0 Å². The van der Waals surface area contributed by atoms with Crippen molar-refractivity contribution < 1.29 is 31.5 Å². The third kappa shape index (κ3) is 2.35. The van der Waals surface area contributed by atoms with Crippen LogP contribution in [0, 0.1) is 0 Å². The molecule has 0 unspecified atom stereocenters. The second-order valence-electron chi connectivity index (χ2n) is 4.44. The van der Waals surface area contributed by atoms with E-state index in [-0.39, 0.29) is 18.4 Å². The second-order valence-corrected chi connectivity index (χ2v) is 4.44. The summed E-state index contributed by atoms with van der Waals surface area (Å²) in [5.74, 6) is -6.28. The Hall–Kier alpha value is -1.14. The van der Waals surface area contributed by atoms with Crippen LogP contribution in [0.5, 0.6) is 0 Å². The molecule has 1 rings (SSSR count). The van der Waals surface area contributed by atoms with E-state index in [0.717, 1.165) is 0 Å². The number of ether oxygens (including phenoxy) is 1. The first-order valence-electron chi connectivity index (χ1n) is 5.37. The Morgan fingerprint density at radius 3 is 1.94 bits per heavy atom. The highest BCUT2D eigenvalue weighted by Gasteiger charge is 2.72. The van der Waals surface area contributed by atoms with Crippen molar-refractivity contribution in [3.63, 3.8) is 0 Å². The van der Waals surface area contributed by atoms with E-state index >= 15 is 0 Å². The SMILES string of the molecule is C=C(C)C(=O)OC1(C(F)(F)C(F)(F)F)CCCC1. The predicted octanol–water partition coefficient (Wildman–Crippen LogP) is 3.62. The molecular formula is C11H13F5O2. The average molecular weight is 272 g/mol. The van der Waals surface area contributed by atoms with Crippen molar-refractivity contribution in [3.8, 4) is 0 Å². The number of esters is 1. The number of hydrogen-bond acceptors (Lipinski definition) is 2. The quantitative estimate of drug-likeness (QED) is 0.445. The van der Waals surface area contributed by atoms with Gasteiger partial charge >= 0.3 is 18.1 Å². The molecule has 0 aliphatic heterocycles. The fourth-order valence-corrected chi connectivity index (χ4v) is 1.95. The number of hydrogen-bond donors (Lipinski definition) is 0. The Morgan fingerprint density at radius 2 is 1.61 bits per heavy atom. The van der Waals surface area contributed by atoms with E-state index in [9.17, 15) is 26.7 Å². The smallest absolute Gasteiger partial charge is 0.449 e. The molecule has 0 bridgehead atoms. The summed E-state index contributed by atoms with van der Waals surface area (Å²) in [7, 11) is 0. The molecule has 7 heteroatoms. The zero-order valence-corrected chi connectivity index (χ0v) is 9.74. The highest BCUT2D eigenvalue weighted by molar-refractivity contribution is 5.87. The maximum atomic E-state index is 13.5. The maximum Gasteiger partial charge on any atom is 0.457 e. The molecule has 1 fully saturated rings. The number of halogens is 5. The Labute approximate surface area is 101 Å². The summed E-state index contributed by atoms with van der Waals surface area (Å²) in [5, 5.41) is 0. The summed E-state index contributed by atoms with van der Waals surface area (Å²) in [6.45, 7) is 4.36. The summed E-state index contributed by atoms with van der Waals surface area (Å²) in [6, 6.07) is 0. The molecule has 0 atom stereocenters. The Kier molecular flexibility index (Phi) is 3.74. The predicted molar refractivity (Wildman–Crippen MR) is 53.1 cm³/mol. The molecular weight excluding hydrogens is 259 g/mol. The van der Waals surface area contributed by atoms with Gasteiger partial charge in [-0.1, -0.05) is 6.58 Å². The minimum Gasteiger partial charge on any atom is -0.449 e. The average Bonchev–Trinajstić information content (AvgIpc) is 2.65. The summed E-state index contributed by atoms with van der Waals surface area (Å²) in [4.78, 5) is 11.3. The molecule has 0 spiro atoms. The van der Waals surface area contributed by atoms with Crippen LogP contribution in [-0.2, 0) is 9.53 Å². The Bertz CT molecular complexity index is 353. The molecule has 0 aromatic carbocycles. The summed E-state index contributed by atoms with van der Waals surface area (Å²) in [6.07, 6.45) is -6.42. The minimum absolute atomic E-state index is 0.162. The van der Waals surface area contributed by atoms with Crippen LogP contribution in [0.4, 0.5) is 22.0 Å². The van der Waals surface area contributed by atoms with E-state index in [2.05, 4.69) is 11.3 Å². The summed E-state index contributed by atoms with van der Waals surface area (Å²) in [5.41, 5.74) is -3.00. The molecule has 0 aromatic heterocycles. The van der Waals surface area contributed by atoms with Crippen molar-refractivity contribution in [1.29, 1.82) is 0 Å². The van der Waals surface area contributed by atoms with Gasteiger partial charge in [0.2, 0.25) is 0 Å². The van der Waals surface area contributed by atoms with Crippen LogP contribution in [-0.4, -0.2) is 23.7 Å². The van der Waals surface area contributed by atoms with Crippen LogP contribution in [0.25, 0.3) is 0 Å². The fraction of sp³-hybridized carbons (Fsp3) is 0.727. The van der Waals surface area contributed by atoms with Gasteiger partial charge in [0.05, 0.1) is 0 Å². The lowest BCUT2D eigenvalue weighted by molar-refractivity contribution is -0.341. The fourth-order valence-electron chi connectivity index (χ4n) is 1.95. The molecule has 0 aromatic rings. The molecule has 104 valence electrons. The van der Waals surface area contributed by atoms with Crippen molar-refractivity contribution in [2.45, 2.75) is 50.3 Å². The number of carbonyl (C=O) groups is 1. The van der Waals surface area contributed by atoms with E-state index in [1.165, 1.54) is 6.92 Å². The zero-order chi connectivity index (χ0) is 14.2. The molecule has 0 heterocycles. The molecule has 1 saturated carbocycles. The standard InChI is InChI=1S/C11H13F5O2/c1-7(2)8(17)18-9(5-3-4-6-9)10(12,13)11(14,15)16/h1,3-6H2,2H3. The van der Waals surface area contributed by atoms with E-state index < -0.39 is 36.5 Å². The third-order valence-corrected chi connectivity index (χ3v) is 2.98. The van der Waals surface area contributed by atoms with Gasteiger partial charge in [0.1, 0.15) is 0 Å². The summed E-state index contributed by atoms with van der Waals surface area (Å²) >= 11 is 0. The van der Waals surface area contributed by atoms with E-state index in [0.29, 0.717) is 0 Å². The van der Waals surface area contributed by atoms with Crippen LogP contribution in [0.15, 0.2) is 12.2 Å². The van der Waals surface area contributed by atoms with E-state index in [1.807, 2.05) is 0 Å². The van der Waals surface area contributed by atoms with Crippen molar-refractivity contribution >= 4 is 5.97 Å². The molecule has 0 radical (unpaired) electrons. The monoisotopic (exact) mass is 272 g/mol. The third-order valence-electron chi connectivity index (χ3n) is 2.98. The lowest BCUT2D eigenvalue weighted by Crippen LogP contribution is -2.57. The minimum atomic E-state index is -5.74. The molecule has 1 aliphatic rings. The van der Waals surface area contributed by atoms with Crippen molar-refractivity contribution in [2.75, 3.05) is 0 Å². The van der Waals surface area contributed by atoms with Crippen molar-refractivity contribution in [2.24, 2.45) is 0 Å². The highest BCUT2D eigenvalue weighted by Crippen LogP contribution is 2.52. The maximum absolute atomic E-state index is 13.5. The first-order chi connectivity index (χ1) is 8.03. The zero-order valence-electron chi connectivity index (χ0n) is 9.74. The molecule has 0 amide bonds. The molecule has 1 aliphatic carbocycles. The lowest BCUT2D eigenvalue weighted by atomic mass is 9.92. The normalized spacial score (nSPS) is 19.7. The van der Waals surface area contributed by atoms with Crippen LogP contribution in [0.2, 0.25) is 0 Å². The Morgan fingerprint density at radius 1 is 1.17 bits per heavy atom. The first kappa shape index (κ1) is 14.9. The van der Waals surface area contributed by atoms with Crippen LogP contribution < -0.4 is 0 Å². The molecule has 2 nitrogen and oxygen atoms in total. The van der Waals surface area contributed by atoms with Crippen molar-refractivity contribution in [1.82, 2.24) is 0 Å². The molecule has 0 N–H and O–H groups in total. The van der Waals surface area contributed by atoms with Gasteiger partial charge in [0.25, 0.3) is 0 Å². The number of alkyl halides is 5. The molecule has 0 saturated heterocycles. The Balaban J connectivity index is 3.08. The second kappa shape index (κ2) is 4.51. The van der Waals surface area contributed by atoms with Gasteiger partial charge in [-0.3, -0.25) is 0 Å². The van der Waals surface area contributed by atoms with Gasteiger partial charge in [-0.15, -0.1) is 0 Å². The van der Waals surface area contributed by atoms with Gasteiger partial charge in [-0.2, -0.15) is 22.0 Å². The van der Waals surface area contributed by atoms with Crippen LogP contribution in [0.1, 0.15) is 32.6 Å². The number of carbonyl (C=O) groups excluding carboxylic acids is 1. The van der Waals surface area contributed by atoms with Gasteiger partial charge in [0.15, 0.2) is 5.60 Å². The molecule has 18 heavy (non-hydrogen) atoms. The van der Waals surface area contributed by atoms with Crippen LogP contribution in [0.3, 0.4) is 0 Å². The van der Waals surface area contributed by atoms with Gasteiger partial charge in [-0.25, -0.2) is 4.79 Å².